The van der Waals surface area contributed by atoms with Crippen LogP contribution in [0.15, 0.2) is 36.5 Å². The summed E-state index contributed by atoms with van der Waals surface area (Å²) in [4.78, 5) is 22.7. The van der Waals surface area contributed by atoms with Gasteiger partial charge in [-0.2, -0.15) is 4.98 Å². The highest BCUT2D eigenvalue weighted by Crippen LogP contribution is 2.47. The lowest BCUT2D eigenvalue weighted by atomic mass is 9.96. The summed E-state index contributed by atoms with van der Waals surface area (Å²) >= 11 is 0. The molecule has 1 aromatic heterocycles. The Morgan fingerprint density at radius 1 is 1.31 bits per heavy atom. The van der Waals surface area contributed by atoms with Crippen molar-refractivity contribution < 1.29 is 13.9 Å². The van der Waals surface area contributed by atoms with Crippen molar-refractivity contribution in [2.75, 3.05) is 16.8 Å². The predicted molar refractivity (Wildman–Crippen MR) is 95.4 cm³/mol. The summed E-state index contributed by atoms with van der Waals surface area (Å²) in [5.41, 5.74) is 0.564. The number of cyclic esters (lactones) is 1. The highest BCUT2D eigenvalue weighted by Gasteiger charge is 2.54. The van der Waals surface area contributed by atoms with E-state index in [9.17, 15) is 9.18 Å². The number of anilines is 2. The van der Waals surface area contributed by atoms with Crippen LogP contribution in [0.5, 0.6) is 0 Å². The van der Waals surface area contributed by atoms with Crippen molar-refractivity contribution in [1.29, 1.82) is 0 Å². The molecule has 1 unspecified atom stereocenters. The fourth-order valence-electron chi connectivity index (χ4n) is 3.48. The molecule has 1 aliphatic heterocycles. The third kappa shape index (κ3) is 2.98. The van der Waals surface area contributed by atoms with Crippen molar-refractivity contribution in [2.45, 2.75) is 38.3 Å². The Morgan fingerprint density at radius 3 is 2.73 bits per heavy atom. The molecule has 1 amide bonds. The monoisotopic (exact) mass is 356 g/mol. The van der Waals surface area contributed by atoms with E-state index in [0.29, 0.717) is 24.3 Å². The second kappa shape index (κ2) is 6.23. The number of hydrogen-bond donors (Lipinski definition) is 1. The molecule has 2 fully saturated rings. The van der Waals surface area contributed by atoms with Gasteiger partial charge in [0.1, 0.15) is 18.2 Å². The number of benzene rings is 1. The number of aromatic nitrogens is 2. The normalized spacial score (nSPS) is 23.7. The minimum atomic E-state index is -0.365. The first-order valence-corrected chi connectivity index (χ1v) is 8.79. The van der Waals surface area contributed by atoms with Gasteiger partial charge in [0.15, 0.2) is 0 Å². The molecule has 0 bridgehead atoms. The van der Waals surface area contributed by atoms with E-state index in [4.69, 9.17) is 4.74 Å². The van der Waals surface area contributed by atoms with Crippen LogP contribution in [0, 0.1) is 11.7 Å². The Kier molecular flexibility index (Phi) is 4.01. The van der Waals surface area contributed by atoms with Gasteiger partial charge < -0.3 is 10.1 Å². The van der Waals surface area contributed by atoms with Crippen molar-refractivity contribution >= 4 is 17.9 Å². The van der Waals surface area contributed by atoms with Crippen molar-refractivity contribution in [3.05, 3.63) is 47.9 Å². The summed E-state index contributed by atoms with van der Waals surface area (Å²) in [7, 11) is 0. The Balaban J connectivity index is 1.56. The second-order valence-electron chi connectivity index (χ2n) is 7.18. The quantitative estimate of drug-likeness (QED) is 0.880. The van der Waals surface area contributed by atoms with Gasteiger partial charge in [0.25, 0.3) is 0 Å². The Hall–Kier alpha value is -2.70. The second-order valence-corrected chi connectivity index (χ2v) is 7.18. The molecule has 2 aromatic rings. The highest BCUT2D eigenvalue weighted by molar-refractivity contribution is 5.90. The predicted octanol–water partition coefficient (Wildman–Crippen LogP) is 3.91. The Labute approximate surface area is 151 Å². The van der Waals surface area contributed by atoms with Gasteiger partial charge in [-0.25, -0.2) is 14.2 Å². The third-order valence-electron chi connectivity index (χ3n) is 5.22. The van der Waals surface area contributed by atoms with E-state index in [1.807, 2.05) is 13.8 Å². The van der Waals surface area contributed by atoms with Gasteiger partial charge in [-0.1, -0.05) is 12.1 Å². The van der Waals surface area contributed by atoms with Gasteiger partial charge in [-0.3, -0.25) is 4.90 Å². The van der Waals surface area contributed by atoms with Crippen molar-refractivity contribution in [3.63, 3.8) is 0 Å². The molecular formula is C19H21FN4O2. The molecule has 4 rings (SSSR count). The largest absolute Gasteiger partial charge is 0.447 e. The fourth-order valence-corrected chi connectivity index (χ4v) is 3.48. The number of nitrogens with zero attached hydrogens (tertiary/aromatic N) is 3. The molecule has 1 N–H and O–H groups in total. The molecule has 26 heavy (non-hydrogen) atoms. The number of amides is 1. The van der Waals surface area contributed by atoms with Crippen LogP contribution in [-0.4, -0.2) is 28.2 Å². The number of carbonyl (C=O) groups excluding carboxylic acids is 1. The van der Waals surface area contributed by atoms with E-state index in [-0.39, 0.29) is 23.5 Å². The highest BCUT2D eigenvalue weighted by atomic mass is 19.1. The van der Waals surface area contributed by atoms with Gasteiger partial charge in [-0.15, -0.1) is 0 Å². The molecular weight excluding hydrogens is 335 g/mol. The maximum absolute atomic E-state index is 13.1. The average Bonchev–Trinajstić information content (AvgIpc) is 3.43. The Bertz CT molecular complexity index is 825. The molecule has 6 nitrogen and oxygen atoms in total. The lowest BCUT2D eigenvalue weighted by molar-refractivity contribution is 0.172. The number of halogens is 1. The molecule has 2 aliphatic rings. The standard InChI is InChI=1S/C19H21FN4O2/c1-12(13-3-7-15(20)8-4-13)22-17-21-10-9-16(23-17)24-18(25)26-11-19(24,2)14-5-6-14/h3-4,7-10,12,14H,5-6,11H2,1-2H3,(H,21,22,23)/t12-,19?/m0/s1. The SMILES string of the molecule is C[C@H](Nc1nccc(N2C(=O)OCC2(C)C2CC2)n1)c1ccc(F)cc1. The number of rotatable bonds is 5. The van der Waals surface area contributed by atoms with Crippen LogP contribution in [0.1, 0.15) is 38.3 Å². The van der Waals surface area contributed by atoms with Crippen LogP contribution in [0.2, 0.25) is 0 Å². The van der Waals surface area contributed by atoms with Crippen LogP contribution in [0.4, 0.5) is 21.0 Å². The molecule has 0 spiro atoms. The average molecular weight is 356 g/mol. The number of carbonyl (C=O) groups is 1. The topological polar surface area (TPSA) is 67.4 Å². The number of ether oxygens (including phenoxy) is 1. The molecule has 1 saturated carbocycles. The maximum Gasteiger partial charge on any atom is 0.416 e. The molecule has 2 atom stereocenters. The summed E-state index contributed by atoms with van der Waals surface area (Å²) < 4.78 is 18.4. The van der Waals surface area contributed by atoms with Crippen LogP contribution >= 0.6 is 0 Å². The summed E-state index contributed by atoms with van der Waals surface area (Å²) in [6, 6.07) is 7.91. The molecule has 1 saturated heterocycles. The van der Waals surface area contributed by atoms with Crippen LogP contribution in [0.3, 0.4) is 0 Å². The number of nitrogens with one attached hydrogen (secondary N) is 1. The zero-order chi connectivity index (χ0) is 18.3. The van der Waals surface area contributed by atoms with Crippen molar-refractivity contribution in [1.82, 2.24) is 9.97 Å². The molecule has 7 heteroatoms. The molecule has 1 aliphatic carbocycles. The van der Waals surface area contributed by atoms with E-state index < -0.39 is 0 Å². The van der Waals surface area contributed by atoms with E-state index in [2.05, 4.69) is 15.3 Å². The Morgan fingerprint density at radius 2 is 2.04 bits per heavy atom. The first-order valence-electron chi connectivity index (χ1n) is 8.79. The van der Waals surface area contributed by atoms with Gasteiger partial charge in [-0.05, 0) is 56.4 Å². The first kappa shape index (κ1) is 16.8. The zero-order valence-corrected chi connectivity index (χ0v) is 14.8. The van der Waals surface area contributed by atoms with E-state index >= 15 is 0 Å². The lowest BCUT2D eigenvalue weighted by Gasteiger charge is -2.31. The minimum absolute atomic E-state index is 0.105. The molecule has 1 aromatic carbocycles. The van der Waals surface area contributed by atoms with Gasteiger partial charge >= 0.3 is 6.09 Å². The summed E-state index contributed by atoms with van der Waals surface area (Å²) in [6.45, 7) is 4.38. The lowest BCUT2D eigenvalue weighted by Crippen LogP contribution is -2.47. The van der Waals surface area contributed by atoms with Crippen molar-refractivity contribution in [2.24, 2.45) is 5.92 Å². The molecule has 2 heterocycles. The summed E-state index contributed by atoms with van der Waals surface area (Å²) in [5.74, 6) is 1.12. The molecule has 136 valence electrons. The van der Waals surface area contributed by atoms with Gasteiger partial charge in [0, 0.05) is 6.20 Å². The molecule has 0 radical (unpaired) electrons. The number of hydrogen-bond acceptors (Lipinski definition) is 5. The first-order chi connectivity index (χ1) is 12.5. The van der Waals surface area contributed by atoms with E-state index in [0.717, 1.165) is 18.4 Å². The van der Waals surface area contributed by atoms with Crippen LogP contribution < -0.4 is 10.2 Å². The smallest absolute Gasteiger partial charge is 0.416 e. The van der Waals surface area contributed by atoms with E-state index in [1.165, 1.54) is 12.1 Å². The maximum atomic E-state index is 13.1. The van der Waals surface area contributed by atoms with E-state index in [1.54, 1.807) is 29.3 Å². The summed E-state index contributed by atoms with van der Waals surface area (Å²) in [6.07, 6.45) is 3.46. The third-order valence-corrected chi connectivity index (χ3v) is 5.22. The summed E-state index contributed by atoms with van der Waals surface area (Å²) in [5, 5.41) is 3.21. The fraction of sp³-hybridized carbons (Fsp3) is 0.421. The van der Waals surface area contributed by atoms with Crippen LogP contribution in [0.25, 0.3) is 0 Å². The zero-order valence-electron chi connectivity index (χ0n) is 14.8. The van der Waals surface area contributed by atoms with Crippen LogP contribution in [-0.2, 0) is 4.74 Å². The van der Waals surface area contributed by atoms with Crippen molar-refractivity contribution in [3.8, 4) is 0 Å². The van der Waals surface area contributed by atoms with Gasteiger partial charge in [0.2, 0.25) is 5.95 Å². The minimum Gasteiger partial charge on any atom is -0.447 e. The van der Waals surface area contributed by atoms with Gasteiger partial charge in [0.05, 0.1) is 11.6 Å².